The lowest BCUT2D eigenvalue weighted by atomic mass is 9.98. The summed E-state index contributed by atoms with van der Waals surface area (Å²) in [7, 11) is 0. The minimum Gasteiger partial charge on any atom is -0.363 e. The van der Waals surface area contributed by atoms with Gasteiger partial charge >= 0.3 is 0 Å². The zero-order valence-electron chi connectivity index (χ0n) is 15.6. The summed E-state index contributed by atoms with van der Waals surface area (Å²) in [4.78, 5) is 22.0. The molecule has 4 rings (SSSR count). The quantitative estimate of drug-likeness (QED) is 0.476. The predicted molar refractivity (Wildman–Crippen MR) is 105 cm³/mol. The minimum atomic E-state index is -0.335. The summed E-state index contributed by atoms with van der Waals surface area (Å²) in [5.41, 5.74) is 1.98. The Labute approximate surface area is 162 Å². The number of benzene rings is 1. The van der Waals surface area contributed by atoms with Crippen LogP contribution in [0.25, 0.3) is 22.8 Å². The van der Waals surface area contributed by atoms with E-state index in [-0.39, 0.29) is 16.5 Å². The van der Waals surface area contributed by atoms with E-state index in [0.717, 1.165) is 31.4 Å². The Morgan fingerprint density at radius 1 is 1.29 bits per heavy atom. The van der Waals surface area contributed by atoms with E-state index in [2.05, 4.69) is 26.9 Å². The first-order chi connectivity index (χ1) is 13.7. The Morgan fingerprint density at radius 2 is 2.18 bits per heavy atom. The van der Waals surface area contributed by atoms with Crippen molar-refractivity contribution >= 4 is 11.4 Å². The van der Waals surface area contributed by atoms with Crippen LogP contribution in [0.3, 0.4) is 0 Å². The average Bonchev–Trinajstić information content (AvgIpc) is 3.24. The summed E-state index contributed by atoms with van der Waals surface area (Å²) in [6, 6.07) is 9.08. The highest BCUT2D eigenvalue weighted by Gasteiger charge is 2.28. The van der Waals surface area contributed by atoms with E-state index < -0.39 is 0 Å². The van der Waals surface area contributed by atoms with Gasteiger partial charge in [0.25, 0.3) is 11.6 Å². The lowest BCUT2D eigenvalue weighted by Crippen LogP contribution is -2.39. The maximum Gasteiger partial charge on any atom is 0.293 e. The highest BCUT2D eigenvalue weighted by Crippen LogP contribution is 2.36. The Bertz CT molecular complexity index is 973. The first kappa shape index (κ1) is 18.1. The number of aromatic nitrogens is 3. The molecule has 1 atom stereocenters. The van der Waals surface area contributed by atoms with Crippen LogP contribution in [0.4, 0.5) is 11.4 Å². The van der Waals surface area contributed by atoms with Crippen molar-refractivity contribution in [1.29, 1.82) is 0 Å². The first-order valence-corrected chi connectivity index (χ1v) is 9.47. The smallest absolute Gasteiger partial charge is 0.293 e. The van der Waals surface area contributed by atoms with Crippen LogP contribution in [-0.4, -0.2) is 32.6 Å². The van der Waals surface area contributed by atoms with E-state index in [0.29, 0.717) is 23.1 Å². The summed E-state index contributed by atoms with van der Waals surface area (Å²) in [5.74, 6) is 0.649. The van der Waals surface area contributed by atoms with Crippen molar-refractivity contribution < 1.29 is 9.45 Å². The Morgan fingerprint density at radius 3 is 2.93 bits per heavy atom. The third-order valence-corrected chi connectivity index (χ3v) is 5.17. The van der Waals surface area contributed by atoms with Crippen molar-refractivity contribution in [3.8, 4) is 22.8 Å². The molecule has 1 saturated heterocycles. The van der Waals surface area contributed by atoms with Gasteiger partial charge in [-0.3, -0.25) is 15.1 Å². The second-order valence-corrected chi connectivity index (χ2v) is 6.88. The van der Waals surface area contributed by atoms with Gasteiger partial charge in [0, 0.05) is 42.2 Å². The van der Waals surface area contributed by atoms with E-state index in [1.807, 2.05) is 12.1 Å². The van der Waals surface area contributed by atoms with Gasteiger partial charge in [-0.25, -0.2) is 0 Å². The fourth-order valence-corrected chi connectivity index (χ4v) is 3.74. The average molecular weight is 379 g/mol. The molecule has 0 bridgehead atoms. The maximum absolute atomic E-state index is 11.8. The second-order valence-electron chi connectivity index (χ2n) is 6.88. The number of piperidine rings is 1. The molecule has 0 saturated carbocycles. The third-order valence-electron chi connectivity index (χ3n) is 5.17. The first-order valence-electron chi connectivity index (χ1n) is 9.47. The largest absolute Gasteiger partial charge is 0.363 e. The number of anilines is 1. The maximum atomic E-state index is 11.8. The molecule has 0 amide bonds. The highest BCUT2D eigenvalue weighted by molar-refractivity contribution is 5.72. The van der Waals surface area contributed by atoms with Gasteiger partial charge in [-0.15, -0.1) is 0 Å². The molecule has 2 aromatic heterocycles. The summed E-state index contributed by atoms with van der Waals surface area (Å²) in [6.45, 7) is 2.96. The highest BCUT2D eigenvalue weighted by atomic mass is 16.6. The van der Waals surface area contributed by atoms with Gasteiger partial charge in [-0.2, -0.15) is 4.98 Å². The van der Waals surface area contributed by atoms with Crippen LogP contribution in [0.2, 0.25) is 0 Å². The number of hydrogen-bond acceptors (Lipinski definition) is 7. The number of hydrogen-bond donors (Lipinski definition) is 0. The molecule has 0 spiro atoms. The van der Waals surface area contributed by atoms with Crippen LogP contribution in [0.15, 0.2) is 47.2 Å². The van der Waals surface area contributed by atoms with Crippen molar-refractivity contribution in [3.05, 3.63) is 52.8 Å². The molecular weight excluding hydrogens is 358 g/mol. The molecule has 144 valence electrons. The Hall–Kier alpha value is -3.29. The summed E-state index contributed by atoms with van der Waals surface area (Å²) >= 11 is 0. The van der Waals surface area contributed by atoms with Crippen LogP contribution in [0, 0.1) is 10.1 Å². The van der Waals surface area contributed by atoms with Crippen LogP contribution < -0.4 is 4.90 Å². The number of nitrogens with zero attached hydrogens (tertiary/aromatic N) is 5. The van der Waals surface area contributed by atoms with E-state index in [9.17, 15) is 10.1 Å². The zero-order valence-corrected chi connectivity index (χ0v) is 15.6. The van der Waals surface area contributed by atoms with Gasteiger partial charge in [-0.05, 0) is 49.9 Å². The molecule has 0 radical (unpaired) electrons. The summed E-state index contributed by atoms with van der Waals surface area (Å²) in [6.07, 6.45) is 7.55. The normalized spacial score (nSPS) is 16.9. The predicted octanol–water partition coefficient (Wildman–Crippen LogP) is 4.48. The van der Waals surface area contributed by atoms with Gasteiger partial charge in [0.2, 0.25) is 5.82 Å². The fourth-order valence-electron chi connectivity index (χ4n) is 3.74. The number of nitro groups is 1. The molecule has 3 aromatic rings. The van der Waals surface area contributed by atoms with Crippen LogP contribution >= 0.6 is 0 Å². The van der Waals surface area contributed by atoms with Gasteiger partial charge < -0.3 is 9.42 Å². The van der Waals surface area contributed by atoms with Gasteiger partial charge in [0.1, 0.15) is 5.69 Å². The van der Waals surface area contributed by atoms with Crippen LogP contribution in [-0.2, 0) is 0 Å². The molecule has 1 fully saturated rings. The molecule has 1 aliphatic rings. The van der Waals surface area contributed by atoms with Crippen molar-refractivity contribution in [2.75, 3.05) is 11.4 Å². The molecule has 1 aliphatic heterocycles. The Balaban J connectivity index is 1.69. The molecule has 3 heterocycles. The van der Waals surface area contributed by atoms with Crippen molar-refractivity contribution in [1.82, 2.24) is 15.1 Å². The lowest BCUT2D eigenvalue weighted by molar-refractivity contribution is -0.384. The minimum absolute atomic E-state index is 0.0685. The van der Waals surface area contributed by atoms with E-state index in [4.69, 9.17) is 4.52 Å². The van der Waals surface area contributed by atoms with E-state index in [1.54, 1.807) is 24.5 Å². The number of rotatable bonds is 5. The Kier molecular flexibility index (Phi) is 5.01. The molecule has 28 heavy (non-hydrogen) atoms. The molecule has 0 unspecified atom stereocenters. The summed E-state index contributed by atoms with van der Waals surface area (Å²) in [5, 5.41) is 15.7. The van der Waals surface area contributed by atoms with E-state index in [1.165, 1.54) is 12.5 Å². The monoisotopic (exact) mass is 379 g/mol. The number of nitro benzene ring substituents is 1. The van der Waals surface area contributed by atoms with Crippen molar-refractivity contribution in [2.24, 2.45) is 0 Å². The van der Waals surface area contributed by atoms with Gasteiger partial charge in [0.05, 0.1) is 4.92 Å². The topological polar surface area (TPSA) is 98.2 Å². The summed E-state index contributed by atoms with van der Waals surface area (Å²) < 4.78 is 5.34. The van der Waals surface area contributed by atoms with Crippen LogP contribution in [0.1, 0.15) is 32.6 Å². The zero-order chi connectivity index (χ0) is 19.5. The van der Waals surface area contributed by atoms with Crippen LogP contribution in [0.5, 0.6) is 0 Å². The lowest BCUT2D eigenvalue weighted by Gasteiger charge is -2.36. The fraction of sp³-hybridized carbons (Fsp3) is 0.350. The molecule has 8 heteroatoms. The second kappa shape index (κ2) is 7.75. The molecule has 8 nitrogen and oxygen atoms in total. The van der Waals surface area contributed by atoms with Gasteiger partial charge in [-0.1, -0.05) is 12.1 Å². The van der Waals surface area contributed by atoms with E-state index >= 15 is 0 Å². The molecule has 0 aliphatic carbocycles. The molecule has 1 aromatic carbocycles. The number of pyridine rings is 1. The van der Waals surface area contributed by atoms with Crippen molar-refractivity contribution in [2.45, 2.75) is 38.6 Å². The SMILES string of the molecule is CC[C@H]1CCCCN1c1ccc(-c2nc(-c3cccnc3)no2)cc1[N+](=O)[O-]. The van der Waals surface area contributed by atoms with Crippen molar-refractivity contribution in [3.63, 3.8) is 0 Å². The molecule has 0 N–H and O–H groups in total. The van der Waals surface area contributed by atoms with Gasteiger partial charge in [0.15, 0.2) is 0 Å². The third kappa shape index (κ3) is 3.45. The standard InChI is InChI=1S/C20H21N5O3/c1-2-16-7-3-4-11-24(16)17-9-8-14(12-18(17)25(26)27)20-22-19(23-28-20)15-6-5-10-21-13-15/h5-6,8-10,12-13,16H,2-4,7,11H2,1H3/t16-/m0/s1. The molecular formula is C20H21N5O3.